The number of hydrazine groups is 1. The van der Waals surface area contributed by atoms with Crippen LogP contribution in [0.2, 0.25) is 5.02 Å². The fraction of sp³-hybridized carbons (Fsp3) is 0.100. The number of carbonyl (C=O) groups excluding carboxylic acids is 1. The smallest absolute Gasteiger partial charge is 0.253 e. The number of amides is 1. The standard InChI is InChI=1S/C10H10ClN3O/c11-8-2-1-7-3-4-14(9(7)5-8)6-10(15)13-12/h1-5H,6,12H2,(H,13,15). The van der Waals surface area contributed by atoms with Crippen molar-refractivity contribution in [2.45, 2.75) is 6.54 Å². The Morgan fingerprint density at radius 3 is 3.00 bits per heavy atom. The van der Waals surface area contributed by atoms with E-state index in [0.29, 0.717) is 5.02 Å². The number of hydrogen-bond donors (Lipinski definition) is 2. The minimum atomic E-state index is -0.243. The van der Waals surface area contributed by atoms with E-state index in [9.17, 15) is 4.79 Å². The van der Waals surface area contributed by atoms with Crippen molar-refractivity contribution in [1.29, 1.82) is 0 Å². The molecule has 0 saturated carbocycles. The Morgan fingerprint density at radius 1 is 1.47 bits per heavy atom. The van der Waals surface area contributed by atoms with Gasteiger partial charge in [-0.25, -0.2) is 5.84 Å². The van der Waals surface area contributed by atoms with Crippen LogP contribution in [0.4, 0.5) is 0 Å². The lowest BCUT2D eigenvalue weighted by atomic mass is 10.2. The summed E-state index contributed by atoms with van der Waals surface area (Å²) in [5.41, 5.74) is 3.01. The van der Waals surface area contributed by atoms with Crippen molar-refractivity contribution in [3.63, 3.8) is 0 Å². The van der Waals surface area contributed by atoms with Crippen molar-refractivity contribution in [3.05, 3.63) is 35.5 Å². The molecule has 0 aliphatic carbocycles. The molecule has 2 rings (SSSR count). The third-order valence-electron chi connectivity index (χ3n) is 2.21. The van der Waals surface area contributed by atoms with Crippen molar-refractivity contribution >= 4 is 28.4 Å². The summed E-state index contributed by atoms with van der Waals surface area (Å²) in [6, 6.07) is 7.47. The van der Waals surface area contributed by atoms with Crippen LogP contribution in [0.15, 0.2) is 30.5 Å². The zero-order valence-corrected chi connectivity index (χ0v) is 8.66. The second-order valence-electron chi connectivity index (χ2n) is 3.21. The summed E-state index contributed by atoms with van der Waals surface area (Å²) in [7, 11) is 0. The summed E-state index contributed by atoms with van der Waals surface area (Å²) in [6.07, 6.45) is 1.83. The molecule has 78 valence electrons. The molecule has 15 heavy (non-hydrogen) atoms. The fourth-order valence-electron chi connectivity index (χ4n) is 1.50. The highest BCUT2D eigenvalue weighted by atomic mass is 35.5. The topological polar surface area (TPSA) is 60.0 Å². The molecule has 0 radical (unpaired) electrons. The highest BCUT2D eigenvalue weighted by Gasteiger charge is 2.04. The number of fused-ring (bicyclic) bond motifs is 1. The van der Waals surface area contributed by atoms with Gasteiger partial charge in [0.05, 0.1) is 0 Å². The molecule has 1 heterocycles. The molecule has 5 heteroatoms. The number of hydrogen-bond acceptors (Lipinski definition) is 2. The molecular formula is C10H10ClN3O. The molecule has 0 saturated heterocycles. The van der Waals surface area contributed by atoms with Gasteiger partial charge in [0.25, 0.3) is 5.91 Å². The van der Waals surface area contributed by atoms with Gasteiger partial charge >= 0.3 is 0 Å². The third-order valence-corrected chi connectivity index (χ3v) is 2.45. The third kappa shape index (κ3) is 1.95. The normalized spacial score (nSPS) is 10.5. The summed E-state index contributed by atoms with van der Waals surface area (Å²) < 4.78 is 1.80. The molecule has 0 fully saturated rings. The van der Waals surface area contributed by atoms with Gasteiger partial charge < -0.3 is 4.57 Å². The monoisotopic (exact) mass is 223 g/mol. The summed E-state index contributed by atoms with van der Waals surface area (Å²) in [5.74, 6) is 4.78. The van der Waals surface area contributed by atoms with Crippen LogP contribution < -0.4 is 11.3 Å². The van der Waals surface area contributed by atoms with Crippen LogP contribution >= 0.6 is 11.6 Å². The number of carbonyl (C=O) groups is 1. The van der Waals surface area contributed by atoms with Gasteiger partial charge in [0, 0.05) is 16.7 Å². The van der Waals surface area contributed by atoms with Gasteiger partial charge in [-0.05, 0) is 23.6 Å². The zero-order valence-electron chi connectivity index (χ0n) is 7.90. The Morgan fingerprint density at radius 2 is 2.27 bits per heavy atom. The van der Waals surface area contributed by atoms with E-state index < -0.39 is 0 Å². The summed E-state index contributed by atoms with van der Waals surface area (Å²) >= 11 is 5.88. The SMILES string of the molecule is NNC(=O)Cn1ccc2ccc(Cl)cc21. The maximum atomic E-state index is 11.1. The number of rotatable bonds is 2. The molecule has 3 N–H and O–H groups in total. The lowest BCUT2D eigenvalue weighted by molar-refractivity contribution is -0.121. The van der Waals surface area contributed by atoms with Crippen molar-refractivity contribution in [2.75, 3.05) is 0 Å². The summed E-state index contributed by atoms with van der Waals surface area (Å²) in [5, 5.41) is 1.69. The van der Waals surface area contributed by atoms with Gasteiger partial charge in [-0.3, -0.25) is 10.2 Å². The molecule has 2 aromatic rings. The lowest BCUT2D eigenvalue weighted by Gasteiger charge is -2.03. The number of nitrogens with zero attached hydrogens (tertiary/aromatic N) is 1. The molecule has 0 aliphatic rings. The first-order valence-electron chi connectivity index (χ1n) is 4.44. The molecule has 4 nitrogen and oxygen atoms in total. The van der Waals surface area contributed by atoms with Crippen LogP contribution in [0.5, 0.6) is 0 Å². The Labute approximate surface area is 91.6 Å². The molecule has 0 spiro atoms. The number of aromatic nitrogens is 1. The van der Waals surface area contributed by atoms with E-state index in [1.807, 2.05) is 30.5 Å². The maximum absolute atomic E-state index is 11.1. The zero-order chi connectivity index (χ0) is 10.8. The number of nitrogens with two attached hydrogens (primary N) is 1. The van der Waals surface area contributed by atoms with E-state index in [0.717, 1.165) is 10.9 Å². The molecule has 1 aromatic heterocycles. The van der Waals surface area contributed by atoms with Gasteiger partial charge in [-0.15, -0.1) is 0 Å². The highest BCUT2D eigenvalue weighted by Crippen LogP contribution is 2.20. The largest absolute Gasteiger partial charge is 0.338 e. The number of halogens is 1. The fourth-order valence-corrected chi connectivity index (χ4v) is 1.66. The average Bonchev–Trinajstić information content (AvgIpc) is 2.61. The van der Waals surface area contributed by atoms with Crippen LogP contribution in [0.3, 0.4) is 0 Å². The summed E-state index contributed by atoms with van der Waals surface area (Å²) in [4.78, 5) is 11.1. The average molecular weight is 224 g/mol. The van der Waals surface area contributed by atoms with Crippen LogP contribution in [-0.4, -0.2) is 10.5 Å². The molecule has 0 atom stereocenters. The second kappa shape index (κ2) is 3.92. The van der Waals surface area contributed by atoms with Gasteiger partial charge in [0.2, 0.25) is 0 Å². The molecule has 0 aliphatic heterocycles. The van der Waals surface area contributed by atoms with Crippen LogP contribution in [0.25, 0.3) is 10.9 Å². The molecule has 0 bridgehead atoms. The quantitative estimate of drug-likeness (QED) is 0.458. The molecular weight excluding hydrogens is 214 g/mol. The molecule has 0 unspecified atom stereocenters. The summed E-state index contributed by atoms with van der Waals surface area (Å²) in [6.45, 7) is 0.195. The van der Waals surface area contributed by atoms with Gasteiger partial charge in [0.15, 0.2) is 0 Å². The first-order valence-corrected chi connectivity index (χ1v) is 4.82. The predicted octanol–water partition coefficient (Wildman–Crippen LogP) is 1.28. The van der Waals surface area contributed by atoms with Crippen LogP contribution in [0, 0.1) is 0 Å². The minimum absolute atomic E-state index is 0.195. The maximum Gasteiger partial charge on any atom is 0.253 e. The molecule has 1 aromatic carbocycles. The minimum Gasteiger partial charge on any atom is -0.338 e. The van der Waals surface area contributed by atoms with Crippen LogP contribution in [-0.2, 0) is 11.3 Å². The number of nitrogens with one attached hydrogen (secondary N) is 1. The van der Waals surface area contributed by atoms with Gasteiger partial charge in [-0.2, -0.15) is 0 Å². The highest BCUT2D eigenvalue weighted by molar-refractivity contribution is 6.31. The van der Waals surface area contributed by atoms with E-state index in [4.69, 9.17) is 17.4 Å². The van der Waals surface area contributed by atoms with E-state index in [1.54, 1.807) is 4.57 Å². The van der Waals surface area contributed by atoms with Gasteiger partial charge in [-0.1, -0.05) is 17.7 Å². The number of benzene rings is 1. The van der Waals surface area contributed by atoms with Crippen LogP contribution in [0.1, 0.15) is 0 Å². The Kier molecular flexibility index (Phi) is 2.62. The van der Waals surface area contributed by atoms with E-state index >= 15 is 0 Å². The van der Waals surface area contributed by atoms with E-state index in [1.165, 1.54) is 0 Å². The van der Waals surface area contributed by atoms with Gasteiger partial charge in [0.1, 0.15) is 6.54 Å². The van der Waals surface area contributed by atoms with Crippen molar-refractivity contribution < 1.29 is 4.79 Å². The van der Waals surface area contributed by atoms with Crippen molar-refractivity contribution in [3.8, 4) is 0 Å². The van der Waals surface area contributed by atoms with E-state index in [-0.39, 0.29) is 12.5 Å². The Bertz CT molecular complexity index is 506. The first kappa shape index (κ1) is 10.0. The van der Waals surface area contributed by atoms with Crippen molar-refractivity contribution in [1.82, 2.24) is 9.99 Å². The van der Waals surface area contributed by atoms with E-state index in [2.05, 4.69) is 5.43 Å². The van der Waals surface area contributed by atoms with Crippen molar-refractivity contribution in [2.24, 2.45) is 5.84 Å². The Balaban J connectivity index is 2.43. The lowest BCUT2D eigenvalue weighted by Crippen LogP contribution is -2.33. The Hall–Kier alpha value is -1.52. The predicted molar refractivity (Wildman–Crippen MR) is 59.3 cm³/mol. The second-order valence-corrected chi connectivity index (χ2v) is 3.65. The molecule has 1 amide bonds. The first-order chi connectivity index (χ1) is 7.20.